The average Bonchev–Trinajstić information content (AvgIpc) is 3.22. The maximum atomic E-state index is 12.4. The van der Waals surface area contributed by atoms with Gasteiger partial charge in [0.05, 0.1) is 37.2 Å². The van der Waals surface area contributed by atoms with E-state index in [2.05, 4.69) is 10.4 Å². The fourth-order valence-electron chi connectivity index (χ4n) is 3.09. The molecule has 2 aromatic rings. The van der Waals surface area contributed by atoms with Crippen molar-refractivity contribution in [2.75, 3.05) is 32.1 Å². The Labute approximate surface area is 157 Å². The van der Waals surface area contributed by atoms with Gasteiger partial charge in [0.2, 0.25) is 0 Å². The maximum Gasteiger partial charge on any atom is 0.322 e. The number of hydrogen-bond acceptors (Lipinski definition) is 4. The van der Waals surface area contributed by atoms with Crippen molar-refractivity contribution in [2.45, 2.75) is 25.0 Å². The molecule has 0 saturated carbocycles. The molecule has 1 fully saturated rings. The highest BCUT2D eigenvalue weighted by Gasteiger charge is 2.38. The summed E-state index contributed by atoms with van der Waals surface area (Å²) in [6.07, 6.45) is 4.38. The first-order valence-corrected chi connectivity index (χ1v) is 8.89. The van der Waals surface area contributed by atoms with Gasteiger partial charge in [0.25, 0.3) is 0 Å². The fourth-order valence-corrected chi connectivity index (χ4v) is 3.22. The molecule has 1 unspecified atom stereocenters. The number of urea groups is 1. The summed E-state index contributed by atoms with van der Waals surface area (Å²) < 4.78 is 6.71. The van der Waals surface area contributed by atoms with Crippen molar-refractivity contribution >= 4 is 23.3 Å². The number of β-amino-alcohol motifs (C(OH)–C–C–N with tert-alkyl or cyclic N) is 1. The van der Waals surface area contributed by atoms with E-state index >= 15 is 0 Å². The van der Waals surface area contributed by atoms with Gasteiger partial charge in [-0.1, -0.05) is 23.7 Å². The Bertz CT molecular complexity index is 749. The molecule has 1 aromatic heterocycles. The molecule has 1 aliphatic rings. The van der Waals surface area contributed by atoms with Crippen molar-refractivity contribution in [3.05, 3.63) is 47.2 Å². The summed E-state index contributed by atoms with van der Waals surface area (Å²) in [6.45, 7) is 1.98. The number of aliphatic hydroxyl groups is 1. The van der Waals surface area contributed by atoms with E-state index in [4.69, 9.17) is 16.3 Å². The number of likely N-dealkylation sites (tertiary alicyclic amines) is 1. The minimum atomic E-state index is -0.923. The van der Waals surface area contributed by atoms with Crippen LogP contribution in [-0.4, -0.2) is 58.2 Å². The molecule has 0 aliphatic carbocycles. The van der Waals surface area contributed by atoms with Gasteiger partial charge in [0.1, 0.15) is 0 Å². The van der Waals surface area contributed by atoms with Crippen molar-refractivity contribution in [1.29, 1.82) is 0 Å². The van der Waals surface area contributed by atoms with Gasteiger partial charge in [-0.2, -0.15) is 5.10 Å². The first-order valence-electron chi connectivity index (χ1n) is 8.52. The zero-order valence-electron chi connectivity index (χ0n) is 14.7. The largest absolute Gasteiger partial charge is 0.388 e. The average molecular weight is 379 g/mol. The van der Waals surface area contributed by atoms with Crippen LogP contribution >= 0.6 is 11.6 Å². The van der Waals surface area contributed by atoms with E-state index in [9.17, 15) is 9.90 Å². The van der Waals surface area contributed by atoms with Gasteiger partial charge in [-0.3, -0.25) is 4.68 Å². The van der Waals surface area contributed by atoms with Crippen LogP contribution in [0.2, 0.25) is 5.02 Å². The van der Waals surface area contributed by atoms with E-state index in [1.165, 1.54) is 0 Å². The number of halogens is 1. The monoisotopic (exact) mass is 378 g/mol. The van der Waals surface area contributed by atoms with Crippen molar-refractivity contribution in [3.63, 3.8) is 0 Å². The van der Waals surface area contributed by atoms with Gasteiger partial charge in [-0.05, 0) is 24.1 Å². The molecular weight excluding hydrogens is 356 g/mol. The van der Waals surface area contributed by atoms with Crippen molar-refractivity contribution < 1.29 is 14.6 Å². The number of methoxy groups -OCH3 is 1. The normalized spacial score (nSPS) is 19.7. The molecule has 1 aromatic carbocycles. The summed E-state index contributed by atoms with van der Waals surface area (Å²) in [5, 5.41) is 18.5. The zero-order chi connectivity index (χ0) is 18.6. The molecule has 0 radical (unpaired) electrons. The number of carbonyl (C=O) groups excluding carboxylic acids is 1. The molecule has 26 heavy (non-hydrogen) atoms. The van der Waals surface area contributed by atoms with E-state index < -0.39 is 5.60 Å². The highest BCUT2D eigenvalue weighted by atomic mass is 35.5. The number of rotatable bonds is 6. The van der Waals surface area contributed by atoms with Crippen LogP contribution in [0.15, 0.2) is 36.7 Å². The van der Waals surface area contributed by atoms with Crippen LogP contribution in [0.1, 0.15) is 12.0 Å². The molecule has 140 valence electrons. The van der Waals surface area contributed by atoms with Gasteiger partial charge in [-0.25, -0.2) is 4.79 Å². The van der Waals surface area contributed by atoms with E-state index in [0.717, 1.165) is 5.56 Å². The second-order valence-electron chi connectivity index (χ2n) is 6.61. The van der Waals surface area contributed by atoms with Crippen LogP contribution in [0.5, 0.6) is 0 Å². The van der Waals surface area contributed by atoms with E-state index in [1.54, 1.807) is 41.2 Å². The molecule has 1 saturated heterocycles. The lowest BCUT2D eigenvalue weighted by atomic mass is 9.94. The lowest BCUT2D eigenvalue weighted by Crippen LogP contribution is -2.39. The molecule has 0 bridgehead atoms. The first kappa shape index (κ1) is 18.7. The second-order valence-corrected chi connectivity index (χ2v) is 7.05. The zero-order valence-corrected chi connectivity index (χ0v) is 15.4. The van der Waals surface area contributed by atoms with Crippen LogP contribution in [0.25, 0.3) is 0 Å². The Morgan fingerprint density at radius 1 is 1.42 bits per heavy atom. The Kier molecular flexibility index (Phi) is 5.80. The molecule has 0 spiro atoms. The van der Waals surface area contributed by atoms with Crippen LogP contribution in [0.3, 0.4) is 0 Å². The van der Waals surface area contributed by atoms with Crippen molar-refractivity contribution in [3.8, 4) is 0 Å². The molecule has 2 amide bonds. The molecular formula is C18H23ClN4O3. The minimum absolute atomic E-state index is 0.233. The Balaban J connectivity index is 1.54. The lowest BCUT2D eigenvalue weighted by Gasteiger charge is -2.23. The first-order chi connectivity index (χ1) is 12.5. The topological polar surface area (TPSA) is 79.6 Å². The SMILES string of the molecule is COCCn1cc(NC(=O)N2CCC(O)(Cc3ccc(Cl)cc3)C2)cn1. The molecule has 7 nitrogen and oxygen atoms in total. The van der Waals surface area contributed by atoms with E-state index in [1.807, 2.05) is 12.1 Å². The minimum Gasteiger partial charge on any atom is -0.388 e. The third-order valence-corrected chi connectivity index (χ3v) is 4.73. The van der Waals surface area contributed by atoms with Crippen molar-refractivity contribution in [2.24, 2.45) is 0 Å². The fraction of sp³-hybridized carbons (Fsp3) is 0.444. The number of anilines is 1. The molecule has 8 heteroatoms. The Morgan fingerprint density at radius 3 is 2.92 bits per heavy atom. The van der Waals surface area contributed by atoms with Crippen LogP contribution in [0.4, 0.5) is 10.5 Å². The number of amides is 2. The van der Waals surface area contributed by atoms with Crippen LogP contribution < -0.4 is 5.32 Å². The lowest BCUT2D eigenvalue weighted by molar-refractivity contribution is 0.0534. The highest BCUT2D eigenvalue weighted by Crippen LogP contribution is 2.26. The summed E-state index contributed by atoms with van der Waals surface area (Å²) in [6, 6.07) is 7.18. The summed E-state index contributed by atoms with van der Waals surface area (Å²) >= 11 is 5.90. The van der Waals surface area contributed by atoms with Gasteiger partial charge in [0, 0.05) is 31.3 Å². The number of aromatic nitrogens is 2. The molecule has 1 aliphatic heterocycles. The molecule has 2 N–H and O–H groups in total. The Hall–Kier alpha value is -2.09. The highest BCUT2D eigenvalue weighted by molar-refractivity contribution is 6.30. The van der Waals surface area contributed by atoms with Crippen LogP contribution in [0, 0.1) is 0 Å². The van der Waals surface area contributed by atoms with Gasteiger partial charge < -0.3 is 20.1 Å². The van der Waals surface area contributed by atoms with E-state index in [-0.39, 0.29) is 6.03 Å². The summed E-state index contributed by atoms with van der Waals surface area (Å²) in [5.74, 6) is 0. The van der Waals surface area contributed by atoms with E-state index in [0.29, 0.717) is 49.8 Å². The quantitative estimate of drug-likeness (QED) is 0.808. The number of benzene rings is 1. The standard InChI is InChI=1S/C18H23ClN4O3/c1-26-9-8-23-12-16(11-20-23)21-17(24)22-7-6-18(25,13-22)10-14-2-4-15(19)5-3-14/h2-5,11-12,25H,6-10,13H2,1H3,(H,21,24). The van der Waals surface area contributed by atoms with Gasteiger partial charge in [-0.15, -0.1) is 0 Å². The molecule has 2 heterocycles. The van der Waals surface area contributed by atoms with Gasteiger partial charge in [0.15, 0.2) is 0 Å². The van der Waals surface area contributed by atoms with Gasteiger partial charge >= 0.3 is 6.03 Å². The van der Waals surface area contributed by atoms with Crippen LogP contribution in [-0.2, 0) is 17.7 Å². The maximum absolute atomic E-state index is 12.4. The third kappa shape index (κ3) is 4.75. The summed E-state index contributed by atoms with van der Waals surface area (Å²) in [7, 11) is 1.63. The van der Waals surface area contributed by atoms with Crippen molar-refractivity contribution in [1.82, 2.24) is 14.7 Å². The smallest absolute Gasteiger partial charge is 0.322 e. The molecule has 3 rings (SSSR count). The number of nitrogens with one attached hydrogen (secondary N) is 1. The Morgan fingerprint density at radius 2 is 2.19 bits per heavy atom. The second kappa shape index (κ2) is 8.07. The number of ether oxygens (including phenoxy) is 1. The third-order valence-electron chi connectivity index (χ3n) is 4.47. The predicted octanol–water partition coefficient (Wildman–Crippen LogP) is 2.39. The summed E-state index contributed by atoms with van der Waals surface area (Å²) in [5.41, 5.74) is 0.700. The predicted molar refractivity (Wildman–Crippen MR) is 99.4 cm³/mol. The number of hydrogen-bond donors (Lipinski definition) is 2. The number of carbonyl (C=O) groups is 1. The summed E-state index contributed by atoms with van der Waals surface area (Å²) in [4.78, 5) is 14.1. The number of nitrogens with zero attached hydrogens (tertiary/aromatic N) is 3. The molecule has 1 atom stereocenters.